The van der Waals surface area contributed by atoms with E-state index in [9.17, 15) is 4.39 Å². The van der Waals surface area contributed by atoms with Crippen molar-refractivity contribution in [3.05, 3.63) is 40.2 Å². The molecule has 0 fully saturated rings. The molecule has 0 saturated carbocycles. The summed E-state index contributed by atoms with van der Waals surface area (Å²) in [6, 6.07) is 4.18. The van der Waals surface area contributed by atoms with Crippen molar-refractivity contribution in [2.24, 2.45) is 5.84 Å². The molecule has 1 heterocycles. The summed E-state index contributed by atoms with van der Waals surface area (Å²) in [4.78, 5) is 0.793. The summed E-state index contributed by atoms with van der Waals surface area (Å²) < 4.78 is 22.8. The fraction of sp³-hybridized carbons (Fsp3) is 0.273. The monoisotopic (exact) mass is 268 g/mol. The summed E-state index contributed by atoms with van der Waals surface area (Å²) >= 11 is 1.19. The summed E-state index contributed by atoms with van der Waals surface area (Å²) in [7, 11) is 1.49. The largest absolute Gasteiger partial charge is 0.497 e. The third-order valence-electron chi connectivity index (χ3n) is 2.63. The van der Waals surface area contributed by atoms with E-state index in [1.54, 1.807) is 12.1 Å². The lowest BCUT2D eigenvalue weighted by Crippen LogP contribution is -2.29. The average molecular weight is 268 g/mol. The molecule has 1 aromatic carbocycles. The van der Waals surface area contributed by atoms with Crippen LogP contribution in [0.15, 0.2) is 18.2 Å². The molecule has 5 nitrogen and oxygen atoms in total. The van der Waals surface area contributed by atoms with E-state index in [2.05, 4.69) is 15.0 Å². The van der Waals surface area contributed by atoms with E-state index in [4.69, 9.17) is 10.6 Å². The highest BCUT2D eigenvalue weighted by Crippen LogP contribution is 2.29. The highest BCUT2D eigenvalue weighted by molar-refractivity contribution is 7.05. The van der Waals surface area contributed by atoms with Gasteiger partial charge in [-0.15, -0.1) is 5.10 Å². The second-order valence-corrected chi connectivity index (χ2v) is 4.50. The zero-order chi connectivity index (χ0) is 13.1. The van der Waals surface area contributed by atoms with Gasteiger partial charge in [0.15, 0.2) is 0 Å². The molecular weight excluding hydrogens is 255 g/mol. The van der Waals surface area contributed by atoms with Crippen molar-refractivity contribution in [2.75, 3.05) is 7.11 Å². The molecule has 0 aliphatic heterocycles. The second kappa shape index (κ2) is 5.38. The van der Waals surface area contributed by atoms with Gasteiger partial charge in [0.25, 0.3) is 0 Å². The highest BCUT2D eigenvalue weighted by atomic mass is 32.1. The first-order chi connectivity index (χ1) is 8.67. The zero-order valence-corrected chi connectivity index (χ0v) is 10.8. The number of hydrazine groups is 1. The second-order valence-electron chi connectivity index (χ2n) is 3.71. The maximum atomic E-state index is 14.0. The Hall–Kier alpha value is -1.57. The van der Waals surface area contributed by atoms with Crippen LogP contribution < -0.4 is 16.0 Å². The van der Waals surface area contributed by atoms with E-state index < -0.39 is 6.04 Å². The number of halogens is 1. The lowest BCUT2D eigenvalue weighted by molar-refractivity contribution is 0.410. The number of aromatic nitrogens is 2. The molecule has 1 aromatic heterocycles. The smallest absolute Gasteiger partial charge is 0.132 e. The van der Waals surface area contributed by atoms with E-state index in [1.807, 2.05) is 6.92 Å². The van der Waals surface area contributed by atoms with E-state index in [1.165, 1.54) is 24.7 Å². The molecule has 1 unspecified atom stereocenters. The van der Waals surface area contributed by atoms with Gasteiger partial charge in [-0.3, -0.25) is 5.84 Å². The van der Waals surface area contributed by atoms with Crippen LogP contribution in [0.1, 0.15) is 22.2 Å². The molecule has 3 N–H and O–H groups in total. The van der Waals surface area contributed by atoms with E-state index in [-0.39, 0.29) is 5.82 Å². The molecule has 18 heavy (non-hydrogen) atoms. The van der Waals surface area contributed by atoms with Gasteiger partial charge < -0.3 is 4.74 Å². The van der Waals surface area contributed by atoms with Crippen molar-refractivity contribution in [3.63, 3.8) is 0 Å². The van der Waals surface area contributed by atoms with Crippen LogP contribution in [0.4, 0.5) is 4.39 Å². The predicted molar refractivity (Wildman–Crippen MR) is 66.8 cm³/mol. The zero-order valence-electron chi connectivity index (χ0n) is 9.98. The molecule has 0 bridgehead atoms. The van der Waals surface area contributed by atoms with Crippen molar-refractivity contribution < 1.29 is 9.13 Å². The molecular formula is C11H13FN4OS. The molecule has 0 amide bonds. The minimum absolute atomic E-state index is 0.384. The van der Waals surface area contributed by atoms with Crippen LogP contribution in [0, 0.1) is 12.7 Å². The van der Waals surface area contributed by atoms with Gasteiger partial charge in [0.2, 0.25) is 0 Å². The number of nitrogens with zero attached hydrogens (tertiary/aromatic N) is 2. The standard InChI is InChI=1S/C11H13FN4OS/c1-6-11(18-16-15-6)10(14-13)8-4-3-7(17-2)5-9(8)12/h3-5,10,14H,13H2,1-2H3. The molecule has 2 aromatic rings. The third kappa shape index (κ3) is 2.33. The summed E-state index contributed by atoms with van der Waals surface area (Å²) in [6.07, 6.45) is 0. The van der Waals surface area contributed by atoms with Gasteiger partial charge in [0.1, 0.15) is 11.6 Å². The lowest BCUT2D eigenvalue weighted by Gasteiger charge is -2.16. The summed E-state index contributed by atoms with van der Waals surface area (Å²) in [5.41, 5.74) is 3.76. The Bertz CT molecular complexity index is 546. The SMILES string of the molecule is COc1ccc(C(NN)c2snnc2C)c(F)c1. The first-order valence-corrected chi connectivity index (χ1v) is 6.03. The van der Waals surface area contributed by atoms with Crippen molar-refractivity contribution >= 4 is 11.5 Å². The van der Waals surface area contributed by atoms with Crippen LogP contribution in [0.25, 0.3) is 0 Å². The first-order valence-electron chi connectivity index (χ1n) is 5.25. The van der Waals surface area contributed by atoms with Crippen molar-refractivity contribution in [1.29, 1.82) is 0 Å². The number of benzene rings is 1. The predicted octanol–water partition coefficient (Wildman–Crippen LogP) is 1.55. The van der Waals surface area contributed by atoms with E-state index >= 15 is 0 Å². The molecule has 0 saturated heterocycles. The first kappa shape index (κ1) is 12.9. The number of aryl methyl sites for hydroxylation is 1. The number of hydrogen-bond donors (Lipinski definition) is 2. The van der Waals surface area contributed by atoms with Gasteiger partial charge >= 0.3 is 0 Å². The number of nitrogens with one attached hydrogen (secondary N) is 1. The van der Waals surface area contributed by atoms with Gasteiger partial charge in [-0.25, -0.2) is 9.82 Å². The third-order valence-corrected chi connectivity index (χ3v) is 3.53. The Labute approximate surface area is 108 Å². The molecule has 7 heteroatoms. The highest BCUT2D eigenvalue weighted by Gasteiger charge is 2.21. The molecule has 2 rings (SSSR count). The number of ether oxygens (including phenoxy) is 1. The van der Waals surface area contributed by atoms with Crippen LogP contribution >= 0.6 is 11.5 Å². The minimum Gasteiger partial charge on any atom is -0.497 e. The number of nitrogens with two attached hydrogens (primary N) is 1. The molecule has 0 aliphatic rings. The van der Waals surface area contributed by atoms with Crippen molar-refractivity contribution in [3.8, 4) is 5.75 Å². The average Bonchev–Trinajstić information content (AvgIpc) is 2.78. The number of hydrogen-bond acceptors (Lipinski definition) is 6. The summed E-state index contributed by atoms with van der Waals surface area (Å²) in [5, 5.41) is 3.90. The topological polar surface area (TPSA) is 73.1 Å². The fourth-order valence-corrected chi connectivity index (χ4v) is 2.40. The summed E-state index contributed by atoms with van der Waals surface area (Å²) in [6.45, 7) is 1.81. The maximum Gasteiger partial charge on any atom is 0.132 e. The Balaban J connectivity index is 2.42. The molecule has 1 atom stereocenters. The molecule has 0 radical (unpaired) electrons. The van der Waals surface area contributed by atoms with Crippen molar-refractivity contribution in [2.45, 2.75) is 13.0 Å². The van der Waals surface area contributed by atoms with Crippen LogP contribution in [-0.2, 0) is 0 Å². The Morgan fingerprint density at radius 3 is 2.78 bits per heavy atom. The van der Waals surface area contributed by atoms with Crippen LogP contribution in [-0.4, -0.2) is 16.7 Å². The molecule has 0 aliphatic carbocycles. The number of rotatable bonds is 4. The maximum absolute atomic E-state index is 14.0. The lowest BCUT2D eigenvalue weighted by atomic mass is 10.0. The van der Waals surface area contributed by atoms with E-state index in [0.717, 1.165) is 10.6 Å². The van der Waals surface area contributed by atoms with E-state index in [0.29, 0.717) is 11.3 Å². The van der Waals surface area contributed by atoms with Gasteiger partial charge in [-0.1, -0.05) is 10.6 Å². The van der Waals surface area contributed by atoms with Gasteiger partial charge in [0.05, 0.1) is 23.7 Å². The van der Waals surface area contributed by atoms with Crippen LogP contribution in [0.3, 0.4) is 0 Å². The fourth-order valence-electron chi connectivity index (χ4n) is 1.68. The summed E-state index contributed by atoms with van der Waals surface area (Å²) in [5.74, 6) is 5.59. The van der Waals surface area contributed by atoms with Gasteiger partial charge in [0, 0.05) is 11.6 Å². The van der Waals surface area contributed by atoms with Crippen LogP contribution in [0.5, 0.6) is 5.75 Å². The molecule has 96 valence electrons. The Kier molecular flexibility index (Phi) is 3.85. The van der Waals surface area contributed by atoms with Crippen molar-refractivity contribution in [1.82, 2.24) is 15.0 Å². The Morgan fingerprint density at radius 1 is 1.50 bits per heavy atom. The quantitative estimate of drug-likeness (QED) is 0.650. The normalized spacial score (nSPS) is 12.4. The minimum atomic E-state index is -0.462. The Morgan fingerprint density at radius 2 is 2.28 bits per heavy atom. The van der Waals surface area contributed by atoms with Crippen LogP contribution in [0.2, 0.25) is 0 Å². The van der Waals surface area contributed by atoms with Gasteiger partial charge in [-0.05, 0) is 24.5 Å². The molecule has 0 spiro atoms. The van der Waals surface area contributed by atoms with Gasteiger partial charge in [-0.2, -0.15) is 0 Å². The number of methoxy groups -OCH3 is 1.